The second kappa shape index (κ2) is 29.5. The van der Waals surface area contributed by atoms with Crippen molar-refractivity contribution < 1.29 is 9.59 Å². The Morgan fingerprint density at radius 1 is 0.545 bits per heavy atom. The van der Waals surface area contributed by atoms with Gasteiger partial charge in [0.05, 0.1) is 22.8 Å². The highest BCUT2D eigenvalue weighted by Crippen LogP contribution is 2.08. The molecular weight excluding hydrogens is 552 g/mol. The molecule has 2 aromatic rings. The molecule has 0 fully saturated rings. The first-order valence-electron chi connectivity index (χ1n) is 16.1. The number of Topliss-reactive ketones (excluding diaryl/α,β-unsaturated/α-hetero) is 2. The van der Waals surface area contributed by atoms with Crippen LogP contribution in [0, 0.1) is 0 Å². The van der Waals surface area contributed by atoms with Crippen LogP contribution in [-0.4, -0.2) is 43.4 Å². The molecule has 10 heteroatoms. The Morgan fingerprint density at radius 3 is 1.09 bits per heavy atom. The molecule has 2 aromatic heterocycles. The first-order valence-corrected chi connectivity index (χ1v) is 16.1. The van der Waals surface area contributed by atoms with Crippen molar-refractivity contribution >= 4 is 23.0 Å². The molecule has 4 N–H and O–H groups in total. The van der Waals surface area contributed by atoms with Crippen molar-refractivity contribution in [2.24, 2.45) is 21.9 Å². The van der Waals surface area contributed by atoms with Crippen LogP contribution in [0.3, 0.4) is 0 Å². The van der Waals surface area contributed by atoms with Crippen LogP contribution < -0.4 is 11.7 Å². The smallest absolute Gasteiger partial charge is 0.129 e. The van der Waals surface area contributed by atoms with Crippen LogP contribution in [0.15, 0.2) is 34.5 Å². The summed E-state index contributed by atoms with van der Waals surface area (Å²) in [5, 5.41) is 23.7. The molecule has 0 unspecified atom stereocenters. The molecule has 0 aliphatic rings. The van der Waals surface area contributed by atoms with E-state index in [9.17, 15) is 9.59 Å². The van der Waals surface area contributed by atoms with Crippen LogP contribution >= 0.6 is 0 Å². The van der Waals surface area contributed by atoms with E-state index in [4.69, 9.17) is 11.7 Å². The van der Waals surface area contributed by atoms with E-state index in [1.807, 2.05) is 27.7 Å². The second-order valence-electron chi connectivity index (χ2n) is 10.7. The number of carbonyl (C=O) groups is 2. The molecule has 0 saturated carbocycles. The van der Waals surface area contributed by atoms with Gasteiger partial charge >= 0.3 is 0 Å². The summed E-state index contributed by atoms with van der Waals surface area (Å²) in [4.78, 5) is 20.9. The largest absolute Gasteiger partial charge is 0.323 e. The van der Waals surface area contributed by atoms with E-state index >= 15 is 0 Å². The standard InChI is InChI=1S/C17H24N4.C9H16O2.2C4H10N2/c1-3-14-10-12-16(20-18-14)8-6-5-7-9-17-13-11-15(4-2)19-21-17;1-8(10)6-4-3-5-7-9(2)11;2*1-3-4(2)6-5/h10-13H,3-9H2,1-2H3;3-7H2,1-2H3;2*3,5H2,1-2H3/b;;2*6-4+. The van der Waals surface area contributed by atoms with E-state index in [1.54, 1.807) is 13.8 Å². The van der Waals surface area contributed by atoms with E-state index in [0.29, 0.717) is 12.8 Å². The molecule has 0 aliphatic carbocycles. The number of hydrogen-bond acceptors (Lipinski definition) is 10. The number of aryl methyl sites for hydroxylation is 4. The predicted octanol–water partition coefficient (Wildman–Crippen LogP) is 6.92. The number of carbonyl (C=O) groups excluding carboxylic acids is 2. The van der Waals surface area contributed by atoms with Crippen LogP contribution in [0.1, 0.15) is 142 Å². The zero-order chi connectivity index (χ0) is 33.6. The summed E-state index contributed by atoms with van der Waals surface area (Å²) in [5.74, 6) is 10.2. The average Bonchev–Trinajstić information content (AvgIpc) is 3.04. The van der Waals surface area contributed by atoms with Crippen molar-refractivity contribution in [3.8, 4) is 0 Å². The zero-order valence-electron chi connectivity index (χ0n) is 28.9. The van der Waals surface area contributed by atoms with Crippen molar-refractivity contribution in [1.82, 2.24) is 20.4 Å². The van der Waals surface area contributed by atoms with Crippen molar-refractivity contribution in [2.45, 2.75) is 145 Å². The van der Waals surface area contributed by atoms with Gasteiger partial charge in [-0.3, -0.25) is 0 Å². The van der Waals surface area contributed by atoms with Gasteiger partial charge in [-0.25, -0.2) is 0 Å². The third-order valence-electron chi connectivity index (χ3n) is 6.66. The third-order valence-corrected chi connectivity index (χ3v) is 6.66. The number of aromatic nitrogens is 4. The molecule has 0 aliphatic heterocycles. The van der Waals surface area contributed by atoms with Gasteiger partial charge in [0.15, 0.2) is 0 Å². The molecule has 10 nitrogen and oxygen atoms in total. The third kappa shape index (κ3) is 27.3. The summed E-state index contributed by atoms with van der Waals surface area (Å²) in [7, 11) is 0. The normalized spacial score (nSPS) is 10.8. The Morgan fingerprint density at radius 2 is 0.864 bits per heavy atom. The number of ketones is 2. The van der Waals surface area contributed by atoms with Gasteiger partial charge < -0.3 is 21.3 Å². The number of hydrazone groups is 2. The molecule has 2 rings (SSSR count). The number of rotatable bonds is 16. The predicted molar refractivity (Wildman–Crippen MR) is 184 cm³/mol. The van der Waals surface area contributed by atoms with Crippen LogP contribution in [0.5, 0.6) is 0 Å². The second-order valence-corrected chi connectivity index (χ2v) is 10.7. The minimum Gasteiger partial charge on any atom is -0.323 e. The van der Waals surface area contributed by atoms with Gasteiger partial charge in [0.2, 0.25) is 0 Å². The highest BCUT2D eigenvalue weighted by molar-refractivity contribution is 5.81. The molecule has 248 valence electrons. The fraction of sp³-hybridized carbons (Fsp3) is 0.647. The fourth-order valence-electron chi connectivity index (χ4n) is 3.32. The van der Waals surface area contributed by atoms with Gasteiger partial charge in [0.1, 0.15) is 11.6 Å². The minimum absolute atomic E-state index is 0.243. The first kappa shape index (κ1) is 42.6. The lowest BCUT2D eigenvalue weighted by Crippen LogP contribution is -1.98. The Kier molecular flexibility index (Phi) is 28.6. The highest BCUT2D eigenvalue weighted by atomic mass is 16.1. The van der Waals surface area contributed by atoms with E-state index in [-0.39, 0.29) is 11.6 Å². The topological polar surface area (TPSA) is 162 Å². The van der Waals surface area contributed by atoms with Crippen molar-refractivity contribution in [2.75, 3.05) is 0 Å². The molecule has 44 heavy (non-hydrogen) atoms. The molecule has 0 bridgehead atoms. The number of nitrogens with two attached hydrogens (primary N) is 2. The maximum atomic E-state index is 10.5. The monoisotopic (exact) mass is 612 g/mol. The molecule has 0 atom stereocenters. The Bertz CT molecular complexity index is 968. The summed E-state index contributed by atoms with van der Waals surface area (Å²) < 4.78 is 0. The highest BCUT2D eigenvalue weighted by Gasteiger charge is 2.00. The molecule has 0 saturated heterocycles. The van der Waals surface area contributed by atoms with Gasteiger partial charge in [-0.05, 0) is 116 Å². The van der Waals surface area contributed by atoms with Gasteiger partial charge in [-0.2, -0.15) is 30.6 Å². The molecule has 0 amide bonds. The van der Waals surface area contributed by atoms with E-state index in [2.05, 4.69) is 68.7 Å². The van der Waals surface area contributed by atoms with E-state index in [0.717, 1.165) is 105 Å². The average molecular weight is 613 g/mol. The Hall–Kier alpha value is -3.56. The van der Waals surface area contributed by atoms with Crippen molar-refractivity contribution in [3.63, 3.8) is 0 Å². The molecule has 0 radical (unpaired) electrons. The Balaban J connectivity index is 0. The van der Waals surface area contributed by atoms with E-state index < -0.39 is 0 Å². The lowest BCUT2D eigenvalue weighted by Gasteiger charge is -2.02. The Labute approximate surface area is 267 Å². The first-order chi connectivity index (χ1) is 21.1. The maximum Gasteiger partial charge on any atom is 0.129 e. The lowest BCUT2D eigenvalue weighted by molar-refractivity contribution is -0.117. The molecular formula is C34H60N8O2. The molecule has 2 heterocycles. The summed E-state index contributed by atoms with van der Waals surface area (Å²) in [6.07, 6.45) is 13.5. The van der Waals surface area contributed by atoms with Crippen molar-refractivity contribution in [1.29, 1.82) is 0 Å². The van der Waals surface area contributed by atoms with Gasteiger partial charge in [-0.15, -0.1) is 0 Å². The quantitative estimate of drug-likeness (QED) is 0.0892. The van der Waals surface area contributed by atoms with Gasteiger partial charge in [0, 0.05) is 24.3 Å². The van der Waals surface area contributed by atoms with Crippen LogP contribution in [-0.2, 0) is 35.3 Å². The molecule has 0 aromatic carbocycles. The minimum atomic E-state index is 0.243. The fourth-order valence-corrected chi connectivity index (χ4v) is 3.32. The van der Waals surface area contributed by atoms with E-state index in [1.165, 1.54) is 6.42 Å². The summed E-state index contributed by atoms with van der Waals surface area (Å²) in [5.41, 5.74) is 6.31. The summed E-state index contributed by atoms with van der Waals surface area (Å²) in [6, 6.07) is 8.35. The molecule has 0 spiro atoms. The van der Waals surface area contributed by atoms with Crippen molar-refractivity contribution in [3.05, 3.63) is 47.0 Å². The van der Waals surface area contributed by atoms with Crippen LogP contribution in [0.25, 0.3) is 0 Å². The van der Waals surface area contributed by atoms with Gasteiger partial charge in [0.25, 0.3) is 0 Å². The number of hydrogen-bond donors (Lipinski definition) is 2. The lowest BCUT2D eigenvalue weighted by atomic mass is 10.1. The summed E-state index contributed by atoms with van der Waals surface area (Å²) in [6.45, 7) is 15.2. The number of nitrogens with zero attached hydrogens (tertiary/aromatic N) is 6. The van der Waals surface area contributed by atoms with Crippen LogP contribution in [0.2, 0.25) is 0 Å². The maximum absolute atomic E-state index is 10.5. The zero-order valence-corrected chi connectivity index (χ0v) is 28.9. The van der Waals surface area contributed by atoms with Crippen LogP contribution in [0.4, 0.5) is 0 Å². The SMILES string of the molecule is CC(=O)CCCCCC(C)=O.CC/C(C)=N/N.CC/C(C)=N/N.CCc1ccc(CCCCCc2ccc(CC)nn2)nn1. The van der Waals surface area contributed by atoms with Gasteiger partial charge in [-0.1, -0.05) is 40.5 Å². The summed E-state index contributed by atoms with van der Waals surface area (Å²) >= 11 is 0. The number of unbranched alkanes of at least 4 members (excludes halogenated alkanes) is 4.